The van der Waals surface area contributed by atoms with Gasteiger partial charge in [0.05, 0.1) is 10.7 Å². The molecule has 2 N–H and O–H groups in total. The van der Waals surface area contributed by atoms with E-state index in [0.29, 0.717) is 0 Å². The van der Waals surface area contributed by atoms with Crippen LogP contribution in [0.25, 0.3) is 0 Å². The summed E-state index contributed by atoms with van der Waals surface area (Å²) in [6.07, 6.45) is 2.46. The molecule has 0 bridgehead atoms. The number of thiazole rings is 1. The molecule has 100 valence electrons. The zero-order valence-electron chi connectivity index (χ0n) is 11.2. The Morgan fingerprint density at radius 1 is 1.42 bits per heavy atom. The molecule has 0 aliphatic heterocycles. The van der Waals surface area contributed by atoms with E-state index in [1.807, 2.05) is 13.0 Å². The summed E-state index contributed by atoms with van der Waals surface area (Å²) in [4.78, 5) is 5.82. The average Bonchev–Trinajstić information content (AvgIpc) is 2.81. The van der Waals surface area contributed by atoms with Gasteiger partial charge in [-0.25, -0.2) is 9.37 Å². The quantitative estimate of drug-likeness (QED) is 0.914. The van der Waals surface area contributed by atoms with Gasteiger partial charge in [-0.3, -0.25) is 0 Å². The molecule has 1 aliphatic carbocycles. The smallest absolute Gasteiger partial charge is 0.123 e. The van der Waals surface area contributed by atoms with E-state index in [1.165, 1.54) is 10.9 Å². The van der Waals surface area contributed by atoms with Gasteiger partial charge in [-0.2, -0.15) is 0 Å². The number of hydrogen-bond donors (Lipinski definition) is 1. The van der Waals surface area contributed by atoms with Crippen LogP contribution in [0.5, 0.6) is 0 Å². The van der Waals surface area contributed by atoms with Crippen molar-refractivity contribution < 1.29 is 4.39 Å². The Morgan fingerprint density at radius 2 is 2.21 bits per heavy atom. The highest BCUT2D eigenvalue weighted by Gasteiger charge is 2.36. The lowest BCUT2D eigenvalue weighted by molar-refractivity contribution is 0.438. The van der Waals surface area contributed by atoms with Crippen LogP contribution in [0.4, 0.5) is 4.39 Å². The van der Waals surface area contributed by atoms with Crippen molar-refractivity contribution in [1.29, 1.82) is 0 Å². The molecule has 1 aromatic heterocycles. The van der Waals surface area contributed by atoms with Crippen LogP contribution in [0.2, 0.25) is 0 Å². The number of halogens is 1. The average molecular weight is 276 g/mol. The lowest BCUT2D eigenvalue weighted by atomic mass is 9.90. The number of nitrogens with two attached hydrogens (primary N) is 1. The van der Waals surface area contributed by atoms with Crippen molar-refractivity contribution in [1.82, 2.24) is 4.98 Å². The fraction of sp³-hybridized carbons (Fsp3) is 0.400. The summed E-state index contributed by atoms with van der Waals surface area (Å²) in [7, 11) is 0. The van der Waals surface area contributed by atoms with E-state index in [0.717, 1.165) is 41.1 Å². The van der Waals surface area contributed by atoms with E-state index < -0.39 is 0 Å². The summed E-state index contributed by atoms with van der Waals surface area (Å²) in [6, 6.07) is 4.96. The Bertz CT molecular complexity index is 616. The molecule has 3 rings (SSSR count). The number of fused-ring (bicyclic) bond motifs is 1. The molecule has 1 heterocycles. The van der Waals surface area contributed by atoms with Crippen LogP contribution >= 0.6 is 11.3 Å². The van der Waals surface area contributed by atoms with Crippen molar-refractivity contribution in [3.8, 4) is 0 Å². The maximum absolute atomic E-state index is 13.2. The lowest BCUT2D eigenvalue weighted by Gasteiger charge is -2.24. The highest BCUT2D eigenvalue weighted by Crippen LogP contribution is 2.38. The molecule has 0 fully saturated rings. The van der Waals surface area contributed by atoms with Crippen molar-refractivity contribution in [2.75, 3.05) is 0 Å². The third kappa shape index (κ3) is 2.19. The second-order valence-electron chi connectivity index (χ2n) is 5.38. The molecule has 4 heteroatoms. The molecule has 2 nitrogen and oxygen atoms in total. The molecule has 0 radical (unpaired) electrons. The maximum atomic E-state index is 13.2. The Balaban J connectivity index is 1.94. The Labute approximate surface area is 116 Å². The molecule has 0 amide bonds. The molecule has 1 unspecified atom stereocenters. The first-order valence-corrected chi connectivity index (χ1v) is 7.30. The Hall–Kier alpha value is -1.26. The van der Waals surface area contributed by atoms with Crippen molar-refractivity contribution >= 4 is 11.3 Å². The van der Waals surface area contributed by atoms with Crippen LogP contribution in [0.1, 0.15) is 33.1 Å². The van der Waals surface area contributed by atoms with Gasteiger partial charge in [0.2, 0.25) is 0 Å². The van der Waals surface area contributed by atoms with Crippen LogP contribution in [0, 0.1) is 19.7 Å². The minimum absolute atomic E-state index is 0.177. The monoisotopic (exact) mass is 276 g/mol. The van der Waals surface area contributed by atoms with Gasteiger partial charge in [-0.15, -0.1) is 11.3 Å². The predicted octanol–water partition coefficient (Wildman–Crippen LogP) is 3.24. The van der Waals surface area contributed by atoms with Gasteiger partial charge in [0.1, 0.15) is 5.82 Å². The van der Waals surface area contributed by atoms with Gasteiger partial charge in [-0.05, 0) is 49.9 Å². The molecule has 1 aliphatic rings. The van der Waals surface area contributed by atoms with Gasteiger partial charge in [0.25, 0.3) is 0 Å². The fourth-order valence-corrected chi connectivity index (χ4v) is 3.87. The molecule has 19 heavy (non-hydrogen) atoms. The van der Waals surface area contributed by atoms with Gasteiger partial charge in [-0.1, -0.05) is 6.07 Å². The first-order valence-electron chi connectivity index (χ1n) is 6.49. The summed E-state index contributed by atoms with van der Waals surface area (Å²) >= 11 is 1.71. The number of benzene rings is 1. The number of aryl methyl sites for hydroxylation is 3. The number of aromatic nitrogens is 1. The molecule has 0 saturated carbocycles. The SMILES string of the molecule is Cc1nc(CC2(N)CCc3cc(F)ccc32)sc1C. The summed E-state index contributed by atoms with van der Waals surface area (Å²) in [5.74, 6) is -0.177. The third-order valence-electron chi connectivity index (χ3n) is 3.98. The number of nitrogens with zero attached hydrogens (tertiary/aromatic N) is 1. The van der Waals surface area contributed by atoms with Crippen LogP contribution in [-0.2, 0) is 18.4 Å². The van der Waals surface area contributed by atoms with E-state index in [2.05, 4.69) is 11.9 Å². The van der Waals surface area contributed by atoms with Crippen molar-refractivity contribution in [2.45, 2.75) is 38.6 Å². The van der Waals surface area contributed by atoms with Crippen LogP contribution in [0.15, 0.2) is 18.2 Å². The van der Waals surface area contributed by atoms with Crippen molar-refractivity contribution in [3.63, 3.8) is 0 Å². The molecule has 0 saturated heterocycles. The van der Waals surface area contributed by atoms with Gasteiger partial charge in [0, 0.05) is 16.8 Å². The minimum atomic E-state index is -0.389. The fourth-order valence-electron chi connectivity index (χ4n) is 2.82. The van der Waals surface area contributed by atoms with Gasteiger partial charge < -0.3 is 5.73 Å². The van der Waals surface area contributed by atoms with Gasteiger partial charge in [0.15, 0.2) is 0 Å². The first kappa shape index (κ1) is 12.8. The highest BCUT2D eigenvalue weighted by atomic mass is 32.1. The normalized spacial score (nSPS) is 21.7. The minimum Gasteiger partial charge on any atom is -0.321 e. The van der Waals surface area contributed by atoms with E-state index in [1.54, 1.807) is 17.4 Å². The van der Waals surface area contributed by atoms with Crippen molar-refractivity contribution in [3.05, 3.63) is 50.7 Å². The van der Waals surface area contributed by atoms with Crippen molar-refractivity contribution in [2.24, 2.45) is 5.73 Å². The molecule has 2 aromatic rings. The predicted molar refractivity (Wildman–Crippen MR) is 75.9 cm³/mol. The summed E-state index contributed by atoms with van der Waals surface area (Å²) in [5, 5.41) is 1.08. The summed E-state index contributed by atoms with van der Waals surface area (Å²) < 4.78 is 13.2. The largest absolute Gasteiger partial charge is 0.321 e. The zero-order chi connectivity index (χ0) is 13.6. The first-order chi connectivity index (χ1) is 8.98. The van der Waals surface area contributed by atoms with E-state index >= 15 is 0 Å². The van der Waals surface area contributed by atoms with Crippen LogP contribution < -0.4 is 5.73 Å². The molecular weight excluding hydrogens is 259 g/mol. The summed E-state index contributed by atoms with van der Waals surface area (Å²) in [6.45, 7) is 4.11. The van der Waals surface area contributed by atoms with Crippen LogP contribution in [-0.4, -0.2) is 4.98 Å². The zero-order valence-corrected chi connectivity index (χ0v) is 12.0. The molecular formula is C15H17FN2S. The third-order valence-corrected chi connectivity index (χ3v) is 5.06. The lowest BCUT2D eigenvalue weighted by Crippen LogP contribution is -2.36. The van der Waals surface area contributed by atoms with Gasteiger partial charge >= 0.3 is 0 Å². The Kier molecular flexibility index (Phi) is 2.95. The standard InChI is InChI=1S/C15H17FN2S/c1-9-10(2)19-14(18-9)8-15(17)6-5-11-7-12(16)3-4-13(11)15/h3-4,7H,5-6,8,17H2,1-2H3. The molecule has 1 aromatic carbocycles. The van der Waals surface area contributed by atoms with E-state index in [-0.39, 0.29) is 11.4 Å². The summed E-state index contributed by atoms with van der Waals surface area (Å²) in [5.41, 5.74) is 9.38. The molecule has 0 spiro atoms. The maximum Gasteiger partial charge on any atom is 0.123 e. The Morgan fingerprint density at radius 3 is 2.89 bits per heavy atom. The second kappa shape index (κ2) is 4.39. The van der Waals surface area contributed by atoms with E-state index in [9.17, 15) is 4.39 Å². The second-order valence-corrected chi connectivity index (χ2v) is 6.67. The highest BCUT2D eigenvalue weighted by molar-refractivity contribution is 7.11. The topological polar surface area (TPSA) is 38.9 Å². The van der Waals surface area contributed by atoms with E-state index in [4.69, 9.17) is 5.73 Å². The molecule has 1 atom stereocenters. The number of rotatable bonds is 2. The number of hydrogen-bond acceptors (Lipinski definition) is 3. The van der Waals surface area contributed by atoms with Crippen LogP contribution in [0.3, 0.4) is 0 Å².